The summed E-state index contributed by atoms with van der Waals surface area (Å²) >= 11 is 5.88. The van der Waals surface area contributed by atoms with Crippen LogP contribution in [0.15, 0.2) is 0 Å². The number of carbonyl (C=O) groups excluding carboxylic acids is 1. The van der Waals surface area contributed by atoms with Crippen molar-refractivity contribution in [1.82, 2.24) is 0 Å². The Morgan fingerprint density at radius 2 is 2.06 bits per heavy atom. The monoisotopic (exact) mass is 248 g/mol. The number of quaternary nitrogens is 1. The maximum Gasteiger partial charge on any atom is 0.324 e. The molecule has 0 amide bonds. The Labute approximate surface area is 103 Å². The minimum Gasteiger partial charge on any atom is -0.458 e. The van der Waals surface area contributed by atoms with Crippen molar-refractivity contribution in [2.24, 2.45) is 5.92 Å². The molecule has 0 aliphatic carbocycles. The molecule has 0 aromatic heterocycles. The minimum atomic E-state index is -0.505. The topological polar surface area (TPSA) is 42.9 Å². The predicted octanol–water partition coefficient (Wildman–Crippen LogP) is 1.30. The number of hydrogen-bond acceptors (Lipinski definition) is 2. The lowest BCUT2D eigenvalue weighted by Crippen LogP contribution is -2.86. The van der Waals surface area contributed by atoms with Crippen molar-refractivity contribution in [3.05, 3.63) is 0 Å². The zero-order valence-electron chi connectivity index (χ0n) is 10.5. The second kappa shape index (κ2) is 5.87. The average molecular weight is 249 g/mol. The summed E-state index contributed by atoms with van der Waals surface area (Å²) in [5.74, 6) is 0.186. The van der Waals surface area contributed by atoms with Gasteiger partial charge >= 0.3 is 5.97 Å². The van der Waals surface area contributed by atoms with Gasteiger partial charge in [0.15, 0.2) is 0 Å². The Hall–Kier alpha value is -0.280. The van der Waals surface area contributed by atoms with E-state index in [0.717, 1.165) is 25.9 Å². The molecular formula is C12H23ClNO2+. The number of hydrogen-bond donors (Lipinski definition) is 1. The summed E-state index contributed by atoms with van der Waals surface area (Å²) < 4.78 is 5.55. The van der Waals surface area contributed by atoms with Crippen molar-refractivity contribution in [2.75, 3.05) is 13.1 Å². The van der Waals surface area contributed by atoms with E-state index in [0.29, 0.717) is 12.3 Å². The van der Waals surface area contributed by atoms with Crippen LogP contribution in [0.4, 0.5) is 0 Å². The van der Waals surface area contributed by atoms with Gasteiger partial charge in [-0.1, -0.05) is 6.92 Å². The Bertz CT molecular complexity index is 237. The second-order valence-electron chi connectivity index (χ2n) is 5.04. The number of alkyl halides is 1. The maximum atomic E-state index is 11.7. The van der Waals surface area contributed by atoms with Crippen molar-refractivity contribution in [3.63, 3.8) is 0 Å². The van der Waals surface area contributed by atoms with Crippen LogP contribution in [0.2, 0.25) is 0 Å². The van der Waals surface area contributed by atoms with Crippen LogP contribution in [0.5, 0.6) is 0 Å². The first-order chi connectivity index (χ1) is 7.47. The number of carbonyl (C=O) groups is 1. The number of nitrogens with two attached hydrogens (primary N) is 1. The molecule has 0 bridgehead atoms. The fraction of sp³-hybridized carbons (Fsp3) is 0.917. The van der Waals surface area contributed by atoms with Gasteiger partial charge in [-0.3, -0.25) is 4.79 Å². The number of rotatable bonds is 4. The highest BCUT2D eigenvalue weighted by Gasteiger charge is 2.36. The maximum absolute atomic E-state index is 11.7. The van der Waals surface area contributed by atoms with Crippen LogP contribution in [-0.4, -0.2) is 30.0 Å². The molecule has 0 radical (unpaired) electrons. The quantitative estimate of drug-likeness (QED) is 0.602. The van der Waals surface area contributed by atoms with E-state index in [1.54, 1.807) is 0 Å². The van der Waals surface area contributed by atoms with Gasteiger partial charge in [-0.25, -0.2) is 0 Å². The first-order valence-electron chi connectivity index (χ1n) is 6.16. The van der Waals surface area contributed by atoms with Crippen LogP contribution < -0.4 is 5.32 Å². The molecule has 3 nitrogen and oxygen atoms in total. The molecule has 16 heavy (non-hydrogen) atoms. The molecule has 0 aromatic rings. The van der Waals surface area contributed by atoms with Crippen LogP contribution in [0.1, 0.15) is 40.0 Å². The van der Waals surface area contributed by atoms with E-state index in [1.807, 2.05) is 20.8 Å². The smallest absolute Gasteiger partial charge is 0.324 e. The first kappa shape index (κ1) is 13.8. The summed E-state index contributed by atoms with van der Waals surface area (Å²) in [7, 11) is 0. The van der Waals surface area contributed by atoms with E-state index in [-0.39, 0.29) is 11.6 Å². The lowest BCUT2D eigenvalue weighted by atomic mass is 9.83. The van der Waals surface area contributed by atoms with E-state index in [4.69, 9.17) is 16.3 Å². The first-order valence-corrected chi connectivity index (χ1v) is 6.59. The normalized spacial score (nSPS) is 20.5. The molecule has 1 atom stereocenters. The fourth-order valence-corrected chi connectivity index (χ4v) is 2.24. The third-order valence-electron chi connectivity index (χ3n) is 3.40. The molecule has 1 fully saturated rings. The predicted molar refractivity (Wildman–Crippen MR) is 64.5 cm³/mol. The van der Waals surface area contributed by atoms with Gasteiger partial charge in [0, 0.05) is 18.8 Å². The molecule has 1 saturated heterocycles. The van der Waals surface area contributed by atoms with Gasteiger partial charge in [0.1, 0.15) is 11.0 Å². The second-order valence-corrected chi connectivity index (χ2v) is 5.57. The zero-order chi connectivity index (χ0) is 12.2. The summed E-state index contributed by atoms with van der Waals surface area (Å²) in [4.78, 5) is 11.7. The van der Waals surface area contributed by atoms with E-state index >= 15 is 0 Å². The van der Waals surface area contributed by atoms with Crippen molar-refractivity contribution in [1.29, 1.82) is 0 Å². The van der Waals surface area contributed by atoms with Gasteiger partial charge in [-0.15, -0.1) is 11.6 Å². The van der Waals surface area contributed by atoms with Crippen molar-refractivity contribution >= 4 is 17.6 Å². The van der Waals surface area contributed by atoms with E-state index in [2.05, 4.69) is 5.32 Å². The molecule has 1 aliphatic heterocycles. The number of ether oxygens (including phenoxy) is 1. The molecule has 0 spiro atoms. The van der Waals surface area contributed by atoms with Gasteiger partial charge in [-0.05, 0) is 20.3 Å². The van der Waals surface area contributed by atoms with Gasteiger partial charge in [0.05, 0.1) is 13.1 Å². The molecule has 2 N–H and O–H groups in total. The third-order valence-corrected chi connectivity index (χ3v) is 3.89. The zero-order valence-corrected chi connectivity index (χ0v) is 11.2. The number of halogens is 1. The van der Waals surface area contributed by atoms with E-state index in [1.165, 1.54) is 0 Å². The minimum absolute atomic E-state index is 0.274. The molecule has 1 rings (SSSR count). The van der Waals surface area contributed by atoms with E-state index < -0.39 is 5.38 Å². The van der Waals surface area contributed by atoms with Gasteiger partial charge in [0.25, 0.3) is 0 Å². The highest BCUT2D eigenvalue weighted by Crippen LogP contribution is 2.28. The summed E-state index contributed by atoms with van der Waals surface area (Å²) in [6.07, 6.45) is 2.84. The molecule has 94 valence electrons. The molecule has 1 aliphatic rings. The Balaban J connectivity index is 2.52. The Morgan fingerprint density at radius 1 is 1.50 bits per heavy atom. The van der Waals surface area contributed by atoms with Gasteiger partial charge in [-0.2, -0.15) is 0 Å². The lowest BCUT2D eigenvalue weighted by Gasteiger charge is -2.35. The molecule has 4 heteroatoms. The number of piperidine rings is 1. The molecule has 1 heterocycles. The largest absolute Gasteiger partial charge is 0.458 e. The van der Waals surface area contributed by atoms with Gasteiger partial charge in [0.2, 0.25) is 0 Å². The van der Waals surface area contributed by atoms with Crippen molar-refractivity contribution in [3.8, 4) is 0 Å². The van der Waals surface area contributed by atoms with Crippen LogP contribution in [-0.2, 0) is 9.53 Å². The fourth-order valence-electron chi connectivity index (χ4n) is 2.20. The lowest BCUT2D eigenvalue weighted by molar-refractivity contribution is -0.665. The van der Waals surface area contributed by atoms with Crippen molar-refractivity contribution in [2.45, 2.75) is 51.0 Å². The van der Waals surface area contributed by atoms with Crippen molar-refractivity contribution < 1.29 is 14.8 Å². The molecule has 1 unspecified atom stereocenters. The van der Waals surface area contributed by atoms with E-state index in [9.17, 15) is 4.79 Å². The molecular weight excluding hydrogens is 226 g/mol. The van der Waals surface area contributed by atoms with Crippen LogP contribution in [0.25, 0.3) is 0 Å². The molecule has 0 saturated carbocycles. The summed E-state index contributed by atoms with van der Waals surface area (Å²) in [6, 6.07) is 0. The summed E-state index contributed by atoms with van der Waals surface area (Å²) in [5.41, 5.74) is -0.381. The van der Waals surface area contributed by atoms with Crippen LogP contribution in [0, 0.1) is 5.92 Å². The van der Waals surface area contributed by atoms with Gasteiger partial charge < -0.3 is 10.1 Å². The summed E-state index contributed by atoms with van der Waals surface area (Å²) in [6.45, 7) is 8.15. The van der Waals surface area contributed by atoms with Crippen LogP contribution >= 0.6 is 11.6 Å². The third kappa shape index (κ3) is 3.63. The molecule has 0 aromatic carbocycles. The highest BCUT2D eigenvalue weighted by atomic mass is 35.5. The standard InChI is InChI=1S/C12H22ClNO2/c1-4-10(13)11(15)16-12(2,3)9-5-7-14-8-6-9/h9-10,14H,4-8H2,1-3H3/p+1. The number of esters is 1. The van der Waals surface area contributed by atoms with Crippen LogP contribution in [0.3, 0.4) is 0 Å². The average Bonchev–Trinajstić information content (AvgIpc) is 2.28. The SMILES string of the molecule is CCC(Cl)C(=O)OC(C)(C)C1CC[NH2+]CC1. The Kier molecular flexibility index (Phi) is 5.06. The highest BCUT2D eigenvalue weighted by molar-refractivity contribution is 6.29. The summed E-state index contributed by atoms with van der Waals surface area (Å²) in [5, 5.41) is 1.81. The Morgan fingerprint density at radius 3 is 2.56 bits per heavy atom.